The molecule has 1 saturated heterocycles. The summed E-state index contributed by atoms with van der Waals surface area (Å²) in [5, 5.41) is 2.01. The Morgan fingerprint density at radius 1 is 1.48 bits per heavy atom. The third-order valence-corrected chi connectivity index (χ3v) is 4.65. The van der Waals surface area contributed by atoms with Crippen LogP contribution in [0.1, 0.15) is 32.9 Å². The number of hydrogen-bond donors (Lipinski definition) is 0. The van der Waals surface area contributed by atoms with E-state index in [9.17, 15) is 4.79 Å². The van der Waals surface area contributed by atoms with Crippen LogP contribution >= 0.6 is 11.3 Å². The summed E-state index contributed by atoms with van der Waals surface area (Å²) in [5.41, 5.74) is 2.10. The molecular formula is C15H19N3O2S. The summed E-state index contributed by atoms with van der Waals surface area (Å²) in [4.78, 5) is 19.7. The van der Waals surface area contributed by atoms with E-state index in [1.807, 2.05) is 48.0 Å². The minimum Gasteiger partial charge on any atom is -0.367 e. The molecule has 6 heteroatoms. The SMILES string of the molecule is Cc1csc(C(=O)N2CCO[C@H](c3nc(C)cn3C)C2)c1. The fourth-order valence-corrected chi connectivity index (χ4v) is 3.49. The van der Waals surface area contributed by atoms with Gasteiger partial charge in [-0.2, -0.15) is 0 Å². The van der Waals surface area contributed by atoms with E-state index in [4.69, 9.17) is 4.74 Å². The van der Waals surface area contributed by atoms with E-state index in [2.05, 4.69) is 4.98 Å². The maximum absolute atomic E-state index is 12.5. The van der Waals surface area contributed by atoms with Crippen molar-refractivity contribution in [2.24, 2.45) is 7.05 Å². The van der Waals surface area contributed by atoms with Crippen LogP contribution in [0.15, 0.2) is 17.6 Å². The van der Waals surface area contributed by atoms with Gasteiger partial charge in [0.15, 0.2) is 0 Å². The average molecular weight is 305 g/mol. The fraction of sp³-hybridized carbons (Fsp3) is 0.467. The quantitative estimate of drug-likeness (QED) is 0.855. The number of carbonyl (C=O) groups is 1. The summed E-state index contributed by atoms with van der Waals surface area (Å²) < 4.78 is 7.78. The van der Waals surface area contributed by atoms with E-state index in [-0.39, 0.29) is 12.0 Å². The van der Waals surface area contributed by atoms with Crippen LogP contribution in [0.3, 0.4) is 0 Å². The lowest BCUT2D eigenvalue weighted by molar-refractivity contribution is -0.0277. The number of hydrogen-bond acceptors (Lipinski definition) is 4. The molecular weight excluding hydrogens is 286 g/mol. The first kappa shape index (κ1) is 14.3. The fourth-order valence-electron chi connectivity index (χ4n) is 2.62. The van der Waals surface area contributed by atoms with Gasteiger partial charge in [0.2, 0.25) is 0 Å². The van der Waals surface area contributed by atoms with Crippen LogP contribution in [0, 0.1) is 13.8 Å². The number of imidazole rings is 1. The third kappa shape index (κ3) is 2.87. The van der Waals surface area contributed by atoms with Gasteiger partial charge in [-0.1, -0.05) is 0 Å². The van der Waals surface area contributed by atoms with Crippen molar-refractivity contribution in [3.05, 3.63) is 39.6 Å². The first-order chi connectivity index (χ1) is 10.0. The number of carbonyl (C=O) groups excluding carboxylic acids is 1. The van der Waals surface area contributed by atoms with E-state index in [0.717, 1.165) is 22.0 Å². The minimum atomic E-state index is -0.151. The normalized spacial score (nSPS) is 19.0. The molecule has 5 nitrogen and oxygen atoms in total. The van der Waals surface area contributed by atoms with E-state index in [1.54, 1.807) is 0 Å². The van der Waals surface area contributed by atoms with Crippen LogP contribution in [0.4, 0.5) is 0 Å². The molecule has 0 aliphatic carbocycles. The maximum Gasteiger partial charge on any atom is 0.264 e. The minimum absolute atomic E-state index is 0.0901. The lowest BCUT2D eigenvalue weighted by atomic mass is 10.2. The molecule has 0 aromatic carbocycles. The topological polar surface area (TPSA) is 47.4 Å². The van der Waals surface area contributed by atoms with Crippen molar-refractivity contribution in [1.82, 2.24) is 14.5 Å². The van der Waals surface area contributed by atoms with Gasteiger partial charge in [-0.25, -0.2) is 4.98 Å². The molecule has 3 heterocycles. The molecule has 1 aliphatic rings. The standard InChI is InChI=1S/C15H19N3O2S/c1-10-6-13(21-9-10)15(19)18-4-5-20-12(8-18)14-16-11(2)7-17(14)3/h6-7,9,12H,4-5,8H2,1-3H3/t12-/m0/s1. The summed E-state index contributed by atoms with van der Waals surface area (Å²) in [6.07, 6.45) is 1.82. The summed E-state index contributed by atoms with van der Waals surface area (Å²) in [7, 11) is 1.96. The largest absolute Gasteiger partial charge is 0.367 e. The van der Waals surface area contributed by atoms with Gasteiger partial charge in [0.1, 0.15) is 11.9 Å². The molecule has 1 atom stereocenters. The molecule has 0 spiro atoms. The van der Waals surface area contributed by atoms with Gasteiger partial charge in [0.25, 0.3) is 5.91 Å². The smallest absolute Gasteiger partial charge is 0.264 e. The summed E-state index contributed by atoms with van der Waals surface area (Å²) in [5.74, 6) is 0.972. The number of aryl methyl sites for hydroxylation is 3. The molecule has 1 fully saturated rings. The Morgan fingerprint density at radius 2 is 2.29 bits per heavy atom. The van der Waals surface area contributed by atoms with Gasteiger partial charge in [0, 0.05) is 19.8 Å². The number of ether oxygens (including phenoxy) is 1. The van der Waals surface area contributed by atoms with Crippen molar-refractivity contribution in [2.75, 3.05) is 19.7 Å². The van der Waals surface area contributed by atoms with Crippen LogP contribution < -0.4 is 0 Å². The highest BCUT2D eigenvalue weighted by atomic mass is 32.1. The zero-order valence-corrected chi connectivity index (χ0v) is 13.3. The molecule has 2 aromatic heterocycles. The Kier molecular flexibility index (Phi) is 3.82. The van der Waals surface area contributed by atoms with Crippen LogP contribution in [0.5, 0.6) is 0 Å². The Hall–Kier alpha value is -1.66. The molecule has 21 heavy (non-hydrogen) atoms. The van der Waals surface area contributed by atoms with Gasteiger partial charge in [0.05, 0.1) is 23.7 Å². The monoisotopic (exact) mass is 305 g/mol. The lowest BCUT2D eigenvalue weighted by Gasteiger charge is -2.32. The second-order valence-electron chi connectivity index (χ2n) is 5.45. The second kappa shape index (κ2) is 5.61. The number of morpholine rings is 1. The van der Waals surface area contributed by atoms with Crippen molar-refractivity contribution < 1.29 is 9.53 Å². The predicted molar refractivity (Wildman–Crippen MR) is 81.6 cm³/mol. The van der Waals surface area contributed by atoms with Crippen molar-refractivity contribution in [1.29, 1.82) is 0 Å². The Morgan fingerprint density at radius 3 is 2.90 bits per heavy atom. The van der Waals surface area contributed by atoms with E-state index in [0.29, 0.717) is 19.7 Å². The Labute approximate surface area is 128 Å². The molecule has 0 N–H and O–H groups in total. The highest BCUT2D eigenvalue weighted by molar-refractivity contribution is 7.12. The predicted octanol–water partition coefficient (Wildman–Crippen LogP) is 2.31. The summed E-state index contributed by atoms with van der Waals surface area (Å²) in [6, 6.07) is 1.95. The van der Waals surface area contributed by atoms with E-state index in [1.165, 1.54) is 11.3 Å². The van der Waals surface area contributed by atoms with Crippen molar-refractivity contribution in [3.8, 4) is 0 Å². The van der Waals surface area contributed by atoms with E-state index >= 15 is 0 Å². The Bertz CT molecular complexity index is 662. The lowest BCUT2D eigenvalue weighted by Crippen LogP contribution is -2.42. The molecule has 0 unspecified atom stereocenters. The maximum atomic E-state index is 12.5. The highest BCUT2D eigenvalue weighted by Crippen LogP contribution is 2.24. The zero-order valence-electron chi connectivity index (χ0n) is 12.5. The molecule has 1 aliphatic heterocycles. The van der Waals surface area contributed by atoms with Crippen molar-refractivity contribution in [3.63, 3.8) is 0 Å². The molecule has 112 valence electrons. The molecule has 1 amide bonds. The van der Waals surface area contributed by atoms with Gasteiger partial charge in [-0.05, 0) is 30.9 Å². The number of aromatic nitrogens is 2. The summed E-state index contributed by atoms with van der Waals surface area (Å²) >= 11 is 1.50. The Balaban J connectivity index is 1.77. The third-order valence-electron chi connectivity index (χ3n) is 3.62. The van der Waals surface area contributed by atoms with Gasteiger partial charge < -0.3 is 14.2 Å². The molecule has 0 radical (unpaired) electrons. The van der Waals surface area contributed by atoms with E-state index < -0.39 is 0 Å². The van der Waals surface area contributed by atoms with Crippen LogP contribution in [-0.2, 0) is 11.8 Å². The van der Waals surface area contributed by atoms with Gasteiger partial charge in [-0.3, -0.25) is 4.79 Å². The second-order valence-corrected chi connectivity index (χ2v) is 6.36. The zero-order chi connectivity index (χ0) is 15.0. The molecule has 0 saturated carbocycles. The number of rotatable bonds is 2. The van der Waals surface area contributed by atoms with Gasteiger partial charge in [-0.15, -0.1) is 11.3 Å². The van der Waals surface area contributed by atoms with Crippen molar-refractivity contribution in [2.45, 2.75) is 20.0 Å². The number of nitrogens with zero attached hydrogens (tertiary/aromatic N) is 3. The van der Waals surface area contributed by atoms with Crippen LogP contribution in [0.25, 0.3) is 0 Å². The average Bonchev–Trinajstić information content (AvgIpc) is 3.04. The number of amides is 1. The first-order valence-electron chi connectivity index (χ1n) is 7.00. The molecule has 0 bridgehead atoms. The molecule has 2 aromatic rings. The van der Waals surface area contributed by atoms with Gasteiger partial charge >= 0.3 is 0 Å². The highest BCUT2D eigenvalue weighted by Gasteiger charge is 2.29. The molecule has 3 rings (SSSR count). The summed E-state index contributed by atoms with van der Waals surface area (Å²) in [6.45, 7) is 5.71. The van der Waals surface area contributed by atoms with Crippen LogP contribution in [-0.4, -0.2) is 40.1 Å². The first-order valence-corrected chi connectivity index (χ1v) is 7.88. The van der Waals surface area contributed by atoms with Crippen LogP contribution in [0.2, 0.25) is 0 Å². The van der Waals surface area contributed by atoms with Crippen molar-refractivity contribution >= 4 is 17.2 Å². The number of thiophene rings is 1.